The average Bonchev–Trinajstić information content (AvgIpc) is 3.32. The van der Waals surface area contributed by atoms with Crippen LogP contribution in [0.4, 0.5) is 0 Å². The first-order valence-corrected chi connectivity index (χ1v) is 12.0. The highest BCUT2D eigenvalue weighted by molar-refractivity contribution is 7.26. The Labute approximate surface area is 184 Å². The van der Waals surface area contributed by atoms with Crippen molar-refractivity contribution in [2.75, 3.05) is 0 Å². The molecule has 0 radical (unpaired) electrons. The monoisotopic (exact) mass is 422 g/mol. The van der Waals surface area contributed by atoms with Crippen LogP contribution in [0.1, 0.15) is 27.8 Å². The van der Waals surface area contributed by atoms with Gasteiger partial charge in [-0.3, -0.25) is 0 Å². The Balaban J connectivity index is 1.57. The molecule has 0 aliphatic rings. The van der Waals surface area contributed by atoms with E-state index in [-0.39, 0.29) is 0 Å². The number of fused-ring (bicyclic) bond motifs is 6. The molecular weight excluding hydrogens is 400 g/mol. The lowest BCUT2D eigenvalue weighted by molar-refractivity contribution is 1.18. The van der Waals surface area contributed by atoms with E-state index in [1.165, 1.54) is 68.2 Å². The molecule has 146 valence electrons. The molecule has 0 N–H and O–H groups in total. The van der Waals surface area contributed by atoms with Crippen molar-refractivity contribution in [1.82, 2.24) is 0 Å². The number of aryl methyl sites for hydroxylation is 3. The van der Waals surface area contributed by atoms with Crippen molar-refractivity contribution < 1.29 is 0 Å². The SMILES string of the molecule is Cc1c(Cc2cccc3c2sc2cccc(C)c23)cc(C)c2c1sc1ccccc12. The highest BCUT2D eigenvalue weighted by Gasteiger charge is 2.15. The highest BCUT2D eigenvalue weighted by Crippen LogP contribution is 2.41. The van der Waals surface area contributed by atoms with Gasteiger partial charge in [0.05, 0.1) is 0 Å². The van der Waals surface area contributed by atoms with Gasteiger partial charge in [0.25, 0.3) is 0 Å². The molecule has 0 nitrogen and oxygen atoms in total. The largest absolute Gasteiger partial charge is 0.135 e. The van der Waals surface area contributed by atoms with Gasteiger partial charge in [0.1, 0.15) is 0 Å². The number of hydrogen-bond acceptors (Lipinski definition) is 2. The molecule has 0 aliphatic carbocycles. The molecule has 2 aromatic heterocycles. The zero-order valence-electron chi connectivity index (χ0n) is 17.4. The van der Waals surface area contributed by atoms with Gasteiger partial charge in [-0.25, -0.2) is 0 Å². The van der Waals surface area contributed by atoms with Crippen molar-refractivity contribution >= 4 is 63.0 Å². The lowest BCUT2D eigenvalue weighted by Crippen LogP contribution is -1.94. The maximum Gasteiger partial charge on any atom is 0.0390 e. The van der Waals surface area contributed by atoms with Crippen molar-refractivity contribution in [3.05, 3.63) is 94.5 Å². The van der Waals surface area contributed by atoms with Gasteiger partial charge < -0.3 is 0 Å². The van der Waals surface area contributed by atoms with Crippen LogP contribution < -0.4 is 0 Å². The first-order chi connectivity index (χ1) is 14.6. The fourth-order valence-corrected chi connectivity index (χ4v) is 7.49. The Hall–Kier alpha value is -2.68. The quantitative estimate of drug-likeness (QED) is 0.261. The van der Waals surface area contributed by atoms with Gasteiger partial charge in [-0.15, -0.1) is 22.7 Å². The molecule has 0 atom stereocenters. The maximum absolute atomic E-state index is 2.42. The summed E-state index contributed by atoms with van der Waals surface area (Å²) in [4.78, 5) is 0. The number of thiophene rings is 2. The fourth-order valence-electron chi connectivity index (χ4n) is 4.90. The zero-order chi connectivity index (χ0) is 20.4. The van der Waals surface area contributed by atoms with E-state index in [0.717, 1.165) is 6.42 Å². The van der Waals surface area contributed by atoms with Crippen LogP contribution in [-0.2, 0) is 6.42 Å². The third-order valence-electron chi connectivity index (χ3n) is 6.40. The molecule has 0 aliphatic heterocycles. The van der Waals surface area contributed by atoms with E-state index in [1.54, 1.807) is 0 Å². The van der Waals surface area contributed by atoms with Crippen LogP contribution in [0.25, 0.3) is 40.3 Å². The molecule has 0 amide bonds. The second-order valence-corrected chi connectivity index (χ2v) is 10.4. The molecule has 6 aromatic rings. The third-order valence-corrected chi connectivity index (χ3v) is 8.93. The predicted octanol–water partition coefficient (Wildman–Crippen LogP) is 8.94. The van der Waals surface area contributed by atoms with Crippen molar-refractivity contribution in [2.24, 2.45) is 0 Å². The summed E-state index contributed by atoms with van der Waals surface area (Å²) in [6, 6.07) is 24.7. The van der Waals surface area contributed by atoms with Crippen LogP contribution in [0.5, 0.6) is 0 Å². The van der Waals surface area contributed by atoms with Crippen molar-refractivity contribution in [3.8, 4) is 0 Å². The summed E-state index contributed by atoms with van der Waals surface area (Å²) >= 11 is 3.88. The van der Waals surface area contributed by atoms with Crippen LogP contribution in [0.2, 0.25) is 0 Å². The minimum atomic E-state index is 0.986. The summed E-state index contributed by atoms with van der Waals surface area (Å²) in [5.74, 6) is 0. The zero-order valence-corrected chi connectivity index (χ0v) is 19.0. The standard InChI is InChI=1S/C28H22S2/c1-16-8-6-13-24-25(16)22-11-7-9-19(28(22)30-24)15-20-14-17(2)26-21-10-4-5-12-23(21)29-27(26)18(20)3/h4-14H,15H2,1-3H3. The Morgan fingerprint density at radius 2 is 1.33 bits per heavy atom. The summed E-state index contributed by atoms with van der Waals surface area (Å²) in [5.41, 5.74) is 7.09. The van der Waals surface area contributed by atoms with E-state index >= 15 is 0 Å². The van der Waals surface area contributed by atoms with Crippen LogP contribution in [0.3, 0.4) is 0 Å². The third kappa shape index (κ3) is 2.57. The summed E-state index contributed by atoms with van der Waals surface area (Å²) in [6.07, 6.45) is 0.986. The lowest BCUT2D eigenvalue weighted by atomic mass is 9.94. The summed E-state index contributed by atoms with van der Waals surface area (Å²) in [6.45, 7) is 6.81. The molecule has 0 bridgehead atoms. The minimum Gasteiger partial charge on any atom is -0.135 e. The average molecular weight is 423 g/mol. The van der Waals surface area contributed by atoms with Crippen molar-refractivity contribution in [3.63, 3.8) is 0 Å². The summed E-state index contributed by atoms with van der Waals surface area (Å²) in [7, 11) is 0. The molecule has 0 unspecified atom stereocenters. The Morgan fingerprint density at radius 3 is 2.23 bits per heavy atom. The number of rotatable bonds is 2. The van der Waals surface area contributed by atoms with E-state index in [9.17, 15) is 0 Å². The molecular formula is C28H22S2. The first-order valence-electron chi connectivity index (χ1n) is 10.4. The predicted molar refractivity (Wildman–Crippen MR) is 136 cm³/mol. The lowest BCUT2D eigenvalue weighted by Gasteiger charge is -2.11. The molecule has 0 saturated heterocycles. The van der Waals surface area contributed by atoms with Crippen molar-refractivity contribution in [1.29, 1.82) is 0 Å². The summed E-state index contributed by atoms with van der Waals surface area (Å²) < 4.78 is 5.67. The maximum atomic E-state index is 2.42. The van der Waals surface area contributed by atoms with E-state index in [1.807, 2.05) is 22.7 Å². The second-order valence-electron chi connectivity index (χ2n) is 8.30. The molecule has 0 spiro atoms. The van der Waals surface area contributed by atoms with Gasteiger partial charge >= 0.3 is 0 Å². The van der Waals surface area contributed by atoms with E-state index in [4.69, 9.17) is 0 Å². The molecule has 0 fully saturated rings. The van der Waals surface area contributed by atoms with Crippen molar-refractivity contribution in [2.45, 2.75) is 27.2 Å². The van der Waals surface area contributed by atoms with Gasteiger partial charge in [-0.2, -0.15) is 0 Å². The second kappa shape index (κ2) is 6.66. The van der Waals surface area contributed by atoms with E-state index in [0.29, 0.717) is 0 Å². The van der Waals surface area contributed by atoms with Gasteiger partial charge in [0.2, 0.25) is 0 Å². The van der Waals surface area contributed by atoms with Gasteiger partial charge in [-0.05, 0) is 67.1 Å². The fraction of sp³-hybridized carbons (Fsp3) is 0.143. The van der Waals surface area contributed by atoms with Crippen LogP contribution >= 0.6 is 22.7 Å². The molecule has 30 heavy (non-hydrogen) atoms. The molecule has 4 aromatic carbocycles. The highest BCUT2D eigenvalue weighted by atomic mass is 32.1. The summed E-state index contributed by atoms with van der Waals surface area (Å²) in [5, 5.41) is 5.66. The topological polar surface area (TPSA) is 0 Å². The number of hydrogen-bond donors (Lipinski definition) is 0. The van der Waals surface area contributed by atoms with Crippen LogP contribution in [-0.4, -0.2) is 0 Å². The Bertz CT molecular complexity index is 1590. The normalized spacial score (nSPS) is 12.0. The van der Waals surface area contributed by atoms with Crippen LogP contribution in [0, 0.1) is 20.8 Å². The smallest absolute Gasteiger partial charge is 0.0390 e. The first kappa shape index (κ1) is 18.1. The van der Waals surface area contributed by atoms with Gasteiger partial charge in [0, 0.05) is 40.3 Å². The number of benzene rings is 4. The molecule has 6 rings (SSSR count). The van der Waals surface area contributed by atoms with Gasteiger partial charge in [-0.1, -0.05) is 54.6 Å². The van der Waals surface area contributed by atoms with Crippen LogP contribution in [0.15, 0.2) is 66.7 Å². The molecule has 2 heteroatoms. The molecule has 2 heterocycles. The van der Waals surface area contributed by atoms with E-state index in [2.05, 4.69) is 87.5 Å². The molecule has 0 saturated carbocycles. The Kier molecular flexibility index (Phi) is 4.02. The Morgan fingerprint density at radius 1 is 0.600 bits per heavy atom. The van der Waals surface area contributed by atoms with Gasteiger partial charge in [0.15, 0.2) is 0 Å². The minimum absolute atomic E-state index is 0.986. The van der Waals surface area contributed by atoms with E-state index < -0.39 is 0 Å².